The molecule has 4 nitrogen and oxygen atoms in total. The van der Waals surface area contributed by atoms with Gasteiger partial charge in [-0.2, -0.15) is 5.26 Å². The molecule has 0 aliphatic heterocycles. The topological polar surface area (TPSA) is 62.1 Å². The van der Waals surface area contributed by atoms with Crippen LogP contribution in [0.3, 0.4) is 0 Å². The van der Waals surface area contributed by atoms with Gasteiger partial charge in [0.15, 0.2) is 6.61 Å². The summed E-state index contributed by atoms with van der Waals surface area (Å²) in [6, 6.07) is 16.0. The van der Waals surface area contributed by atoms with Crippen molar-refractivity contribution in [2.45, 2.75) is 26.2 Å². The van der Waals surface area contributed by atoms with Crippen LogP contribution in [0, 0.1) is 17.2 Å². The number of carbonyl (C=O) groups excluding carboxylic acids is 1. The third-order valence-corrected chi connectivity index (χ3v) is 6.15. The van der Waals surface area contributed by atoms with E-state index in [2.05, 4.69) is 18.3 Å². The van der Waals surface area contributed by atoms with E-state index in [-0.39, 0.29) is 12.5 Å². The molecule has 5 heteroatoms. The number of hydrogen-bond acceptors (Lipinski definition) is 4. The van der Waals surface area contributed by atoms with Crippen LogP contribution in [-0.2, 0) is 17.6 Å². The number of amides is 1. The van der Waals surface area contributed by atoms with Crippen LogP contribution >= 0.6 is 11.3 Å². The third kappa shape index (κ3) is 3.54. The van der Waals surface area contributed by atoms with Gasteiger partial charge in [-0.25, -0.2) is 0 Å². The highest BCUT2D eigenvalue weighted by Gasteiger charge is 2.24. The standard InChI is InChI=1S/C22H20N2O2S/c1-14-9-10-17-18(12-23)22(27-20(17)11-14)24-21(25)13-26-19-8-4-6-15-5-2-3-7-16(15)19/h2-8,14H,9-11,13H2,1H3,(H,24,25). The lowest BCUT2D eigenvalue weighted by Crippen LogP contribution is -2.20. The fourth-order valence-electron chi connectivity index (χ4n) is 3.58. The maximum absolute atomic E-state index is 12.4. The molecule has 0 bridgehead atoms. The van der Waals surface area contributed by atoms with Crippen LogP contribution in [-0.4, -0.2) is 12.5 Å². The first-order valence-corrected chi connectivity index (χ1v) is 9.92. The van der Waals surface area contributed by atoms with Gasteiger partial charge in [-0.05, 0) is 42.2 Å². The highest BCUT2D eigenvalue weighted by Crippen LogP contribution is 2.39. The van der Waals surface area contributed by atoms with Gasteiger partial charge in [-0.1, -0.05) is 43.3 Å². The van der Waals surface area contributed by atoms with Crippen LogP contribution < -0.4 is 10.1 Å². The van der Waals surface area contributed by atoms with Gasteiger partial charge in [0.25, 0.3) is 5.91 Å². The van der Waals surface area contributed by atoms with Crippen molar-refractivity contribution in [3.05, 3.63) is 58.5 Å². The van der Waals surface area contributed by atoms with E-state index in [1.54, 1.807) is 0 Å². The van der Waals surface area contributed by atoms with Crippen molar-refractivity contribution in [3.8, 4) is 11.8 Å². The second kappa shape index (κ2) is 7.42. The summed E-state index contributed by atoms with van der Waals surface area (Å²) < 4.78 is 5.76. The van der Waals surface area contributed by atoms with E-state index in [9.17, 15) is 10.1 Å². The zero-order chi connectivity index (χ0) is 18.8. The normalized spacial score (nSPS) is 15.8. The molecule has 136 valence electrons. The van der Waals surface area contributed by atoms with E-state index in [4.69, 9.17) is 4.74 Å². The monoisotopic (exact) mass is 376 g/mol. The minimum Gasteiger partial charge on any atom is -0.483 e. The number of benzene rings is 2. The fourth-order valence-corrected chi connectivity index (χ4v) is 4.96. The smallest absolute Gasteiger partial charge is 0.262 e. The first-order valence-electron chi connectivity index (χ1n) is 9.10. The Morgan fingerprint density at radius 2 is 2.11 bits per heavy atom. The molecule has 2 aromatic carbocycles. The van der Waals surface area contributed by atoms with Gasteiger partial charge < -0.3 is 10.1 Å². The lowest BCUT2D eigenvalue weighted by atomic mass is 9.89. The molecular formula is C22H20N2O2S. The van der Waals surface area contributed by atoms with E-state index in [0.29, 0.717) is 22.2 Å². The molecule has 0 saturated carbocycles. The number of nitrogens with zero attached hydrogens (tertiary/aromatic N) is 1. The van der Waals surface area contributed by atoms with Gasteiger partial charge in [0.1, 0.15) is 16.8 Å². The minimum atomic E-state index is -0.244. The van der Waals surface area contributed by atoms with E-state index < -0.39 is 0 Å². The number of ether oxygens (including phenoxy) is 1. The predicted molar refractivity (Wildman–Crippen MR) is 108 cm³/mol. The maximum Gasteiger partial charge on any atom is 0.262 e. The average molecular weight is 376 g/mol. The van der Waals surface area contributed by atoms with Crippen molar-refractivity contribution < 1.29 is 9.53 Å². The van der Waals surface area contributed by atoms with E-state index in [1.165, 1.54) is 16.2 Å². The summed E-state index contributed by atoms with van der Waals surface area (Å²) in [5.41, 5.74) is 1.74. The SMILES string of the molecule is CC1CCc2c(sc(NC(=O)COc3cccc4ccccc34)c2C#N)C1. The molecule has 1 aliphatic rings. The quantitative estimate of drug-likeness (QED) is 0.703. The Morgan fingerprint density at radius 3 is 2.96 bits per heavy atom. The molecule has 27 heavy (non-hydrogen) atoms. The molecule has 1 aromatic heterocycles. The Kier molecular flexibility index (Phi) is 4.83. The Labute approximate surface area is 162 Å². The lowest BCUT2D eigenvalue weighted by molar-refractivity contribution is -0.118. The molecule has 4 rings (SSSR count). The van der Waals surface area contributed by atoms with E-state index in [1.807, 2.05) is 42.5 Å². The molecule has 1 unspecified atom stereocenters. The highest BCUT2D eigenvalue weighted by atomic mass is 32.1. The second-order valence-corrected chi connectivity index (χ2v) is 8.09. The molecule has 1 aliphatic carbocycles. The minimum absolute atomic E-state index is 0.0855. The molecule has 0 radical (unpaired) electrons. The van der Waals surface area contributed by atoms with Crippen LogP contribution in [0.25, 0.3) is 10.8 Å². The van der Waals surface area contributed by atoms with Crippen molar-refractivity contribution >= 4 is 33.0 Å². The summed E-state index contributed by atoms with van der Waals surface area (Å²) in [5, 5.41) is 15.1. The van der Waals surface area contributed by atoms with Crippen LogP contribution in [0.2, 0.25) is 0 Å². The number of anilines is 1. The molecular weight excluding hydrogens is 356 g/mol. The summed E-state index contributed by atoms with van der Waals surface area (Å²) in [6.07, 6.45) is 2.99. The molecule has 0 spiro atoms. The number of carbonyl (C=O) groups is 1. The van der Waals surface area contributed by atoms with E-state index >= 15 is 0 Å². The van der Waals surface area contributed by atoms with Gasteiger partial charge in [-0.15, -0.1) is 11.3 Å². The molecule has 1 atom stereocenters. The summed E-state index contributed by atoms with van der Waals surface area (Å²) >= 11 is 1.53. The average Bonchev–Trinajstić information content (AvgIpc) is 3.02. The van der Waals surface area contributed by atoms with Crippen LogP contribution in [0.4, 0.5) is 5.00 Å². The van der Waals surface area contributed by atoms with Gasteiger partial charge in [0.2, 0.25) is 0 Å². The van der Waals surface area contributed by atoms with Gasteiger partial charge in [0, 0.05) is 10.3 Å². The first kappa shape index (κ1) is 17.6. The molecule has 0 fully saturated rings. The van der Waals surface area contributed by atoms with Crippen LogP contribution in [0.1, 0.15) is 29.3 Å². The Morgan fingerprint density at radius 1 is 1.30 bits per heavy atom. The predicted octanol–water partition coefficient (Wildman–Crippen LogP) is 4.92. The highest BCUT2D eigenvalue weighted by molar-refractivity contribution is 7.16. The van der Waals surface area contributed by atoms with Gasteiger partial charge in [-0.3, -0.25) is 4.79 Å². The summed E-state index contributed by atoms with van der Waals surface area (Å²) in [6.45, 7) is 2.14. The molecule has 1 heterocycles. The van der Waals surface area contributed by atoms with Crippen molar-refractivity contribution in [2.75, 3.05) is 11.9 Å². The number of thiophene rings is 1. The van der Waals surface area contributed by atoms with Crippen molar-refractivity contribution in [2.24, 2.45) is 5.92 Å². The third-order valence-electron chi connectivity index (χ3n) is 4.98. The molecule has 0 saturated heterocycles. The largest absolute Gasteiger partial charge is 0.483 e. The number of hydrogen-bond donors (Lipinski definition) is 1. The second-order valence-electron chi connectivity index (χ2n) is 6.98. The van der Waals surface area contributed by atoms with Gasteiger partial charge >= 0.3 is 0 Å². The van der Waals surface area contributed by atoms with E-state index in [0.717, 1.165) is 35.6 Å². The number of nitriles is 1. The number of fused-ring (bicyclic) bond motifs is 2. The zero-order valence-electron chi connectivity index (χ0n) is 15.1. The fraction of sp³-hybridized carbons (Fsp3) is 0.273. The van der Waals surface area contributed by atoms with Gasteiger partial charge in [0.05, 0.1) is 5.56 Å². The molecule has 1 amide bonds. The number of nitrogens with one attached hydrogen (secondary N) is 1. The molecule has 1 N–H and O–H groups in total. The first-order chi connectivity index (χ1) is 13.2. The lowest BCUT2D eigenvalue weighted by Gasteiger charge is -2.17. The summed E-state index contributed by atoms with van der Waals surface area (Å²) in [5.74, 6) is 1.06. The van der Waals surface area contributed by atoms with Crippen molar-refractivity contribution in [1.82, 2.24) is 0 Å². The Hall–Kier alpha value is -2.84. The van der Waals surface area contributed by atoms with Crippen molar-refractivity contribution in [1.29, 1.82) is 5.26 Å². The number of rotatable bonds is 4. The zero-order valence-corrected chi connectivity index (χ0v) is 15.9. The Bertz CT molecular complexity index is 1040. The molecule has 3 aromatic rings. The van der Waals surface area contributed by atoms with Crippen LogP contribution in [0.15, 0.2) is 42.5 Å². The van der Waals surface area contributed by atoms with Crippen molar-refractivity contribution in [3.63, 3.8) is 0 Å². The summed E-state index contributed by atoms with van der Waals surface area (Å²) in [7, 11) is 0. The summed E-state index contributed by atoms with van der Waals surface area (Å²) in [4.78, 5) is 13.7. The van der Waals surface area contributed by atoms with Crippen LogP contribution in [0.5, 0.6) is 5.75 Å². The maximum atomic E-state index is 12.4. The Balaban J connectivity index is 1.48.